The number of halogens is 1. The number of nitrogens with zero attached hydrogens (tertiary/aromatic N) is 3. The van der Waals surface area contributed by atoms with E-state index >= 15 is 0 Å². The maximum Gasteiger partial charge on any atom is 0.307 e. The lowest BCUT2D eigenvalue weighted by atomic mass is 10.3. The van der Waals surface area contributed by atoms with Crippen LogP contribution in [0.5, 0.6) is 0 Å². The monoisotopic (exact) mass is 359 g/mol. The predicted octanol–water partition coefficient (Wildman–Crippen LogP) is 3.50. The highest BCUT2D eigenvalue weighted by Crippen LogP contribution is 2.19. The van der Waals surface area contributed by atoms with E-state index in [1.165, 1.54) is 23.9 Å². The van der Waals surface area contributed by atoms with Gasteiger partial charge in [-0.3, -0.25) is 9.78 Å². The van der Waals surface area contributed by atoms with E-state index in [2.05, 4.69) is 15.1 Å². The summed E-state index contributed by atoms with van der Waals surface area (Å²) in [5.74, 6) is 0.504. The second-order valence-electron chi connectivity index (χ2n) is 4.97. The van der Waals surface area contributed by atoms with Crippen molar-refractivity contribution >= 4 is 17.7 Å². The molecule has 8 heteroatoms. The van der Waals surface area contributed by atoms with Crippen LogP contribution in [-0.4, -0.2) is 26.8 Å². The van der Waals surface area contributed by atoms with E-state index in [1.807, 2.05) is 0 Å². The Labute approximate surface area is 147 Å². The van der Waals surface area contributed by atoms with Gasteiger partial charge < -0.3 is 9.26 Å². The topological polar surface area (TPSA) is 78.1 Å². The zero-order valence-electron chi connectivity index (χ0n) is 13.1. The highest BCUT2D eigenvalue weighted by molar-refractivity contribution is 7.99. The Morgan fingerprint density at radius 2 is 2.08 bits per heavy atom. The molecule has 2 heterocycles. The van der Waals surface area contributed by atoms with Gasteiger partial charge in [0.1, 0.15) is 5.82 Å². The number of hydrogen-bond acceptors (Lipinski definition) is 7. The molecule has 0 saturated carbocycles. The van der Waals surface area contributed by atoms with Crippen LogP contribution in [-0.2, 0) is 16.1 Å². The van der Waals surface area contributed by atoms with E-state index in [9.17, 15) is 9.18 Å². The number of carbonyl (C=O) groups excluding carboxylic acids is 1. The molecule has 0 saturated heterocycles. The third-order valence-corrected chi connectivity index (χ3v) is 4.15. The fourth-order valence-corrected chi connectivity index (χ4v) is 2.76. The van der Waals surface area contributed by atoms with Crippen LogP contribution in [0, 0.1) is 5.82 Å². The minimum atomic E-state index is -0.365. The van der Waals surface area contributed by atoms with Crippen molar-refractivity contribution in [1.29, 1.82) is 0 Å². The lowest BCUT2D eigenvalue weighted by Gasteiger charge is -2.02. The van der Waals surface area contributed by atoms with Gasteiger partial charge in [-0.25, -0.2) is 4.39 Å². The second-order valence-corrected chi connectivity index (χ2v) is 6.13. The minimum Gasteiger partial charge on any atom is -0.456 e. The van der Waals surface area contributed by atoms with Gasteiger partial charge in [-0.15, -0.1) is 11.8 Å². The lowest BCUT2D eigenvalue weighted by molar-refractivity contribution is -0.145. The minimum absolute atomic E-state index is 0.0761. The molecule has 0 unspecified atom stereocenters. The molecule has 1 aromatic carbocycles. The number of benzene rings is 1. The van der Waals surface area contributed by atoms with Crippen molar-refractivity contribution in [3.8, 4) is 11.4 Å². The molecular weight excluding hydrogens is 345 g/mol. The van der Waals surface area contributed by atoms with Crippen LogP contribution >= 0.6 is 11.8 Å². The molecule has 0 aliphatic rings. The Morgan fingerprint density at radius 3 is 2.84 bits per heavy atom. The molecule has 3 aromatic rings. The standard InChI is InChI=1S/C17H14FN3O3S/c18-13-3-5-14(6-4-13)25-9-7-16(22)23-11-15-20-17(21-24-15)12-2-1-8-19-10-12/h1-6,8,10H,7,9,11H2. The molecule has 2 aromatic heterocycles. The van der Waals surface area contributed by atoms with Gasteiger partial charge in [0.05, 0.1) is 6.42 Å². The molecular formula is C17H14FN3O3S. The summed E-state index contributed by atoms with van der Waals surface area (Å²) in [5, 5.41) is 3.82. The number of pyridine rings is 1. The summed E-state index contributed by atoms with van der Waals surface area (Å²) in [6.07, 6.45) is 3.50. The van der Waals surface area contributed by atoms with Gasteiger partial charge in [-0.05, 0) is 36.4 Å². The van der Waals surface area contributed by atoms with E-state index in [4.69, 9.17) is 9.26 Å². The van der Waals surface area contributed by atoms with E-state index in [1.54, 1.807) is 36.7 Å². The molecule has 128 valence electrons. The van der Waals surface area contributed by atoms with Crippen molar-refractivity contribution in [2.24, 2.45) is 0 Å². The van der Waals surface area contributed by atoms with Crippen LogP contribution in [0.2, 0.25) is 0 Å². The lowest BCUT2D eigenvalue weighted by Crippen LogP contribution is -2.05. The molecule has 0 bridgehead atoms. The summed E-state index contributed by atoms with van der Waals surface area (Å²) in [4.78, 5) is 20.8. The smallest absolute Gasteiger partial charge is 0.307 e. The number of carbonyl (C=O) groups is 1. The number of esters is 1. The Balaban J connectivity index is 1.42. The maximum atomic E-state index is 12.8. The van der Waals surface area contributed by atoms with Crippen LogP contribution in [0.15, 0.2) is 58.2 Å². The van der Waals surface area contributed by atoms with Crippen LogP contribution in [0.3, 0.4) is 0 Å². The molecule has 25 heavy (non-hydrogen) atoms. The average Bonchev–Trinajstić information content (AvgIpc) is 3.11. The Kier molecular flexibility index (Phi) is 5.73. The summed E-state index contributed by atoms with van der Waals surface area (Å²) >= 11 is 1.45. The zero-order chi connectivity index (χ0) is 17.5. The molecule has 0 amide bonds. The fraction of sp³-hybridized carbons (Fsp3) is 0.176. The summed E-state index contributed by atoms with van der Waals surface area (Å²) in [6.45, 7) is -0.0761. The predicted molar refractivity (Wildman–Crippen MR) is 89.1 cm³/mol. The Morgan fingerprint density at radius 1 is 1.24 bits per heavy atom. The van der Waals surface area contributed by atoms with Crippen LogP contribution in [0.1, 0.15) is 12.3 Å². The third-order valence-electron chi connectivity index (χ3n) is 3.13. The fourth-order valence-electron chi connectivity index (χ4n) is 1.92. The normalized spacial score (nSPS) is 10.6. The van der Waals surface area contributed by atoms with Crippen molar-refractivity contribution in [3.05, 3.63) is 60.5 Å². The second kappa shape index (κ2) is 8.39. The van der Waals surface area contributed by atoms with Crippen molar-refractivity contribution in [1.82, 2.24) is 15.1 Å². The van der Waals surface area contributed by atoms with Gasteiger partial charge in [-0.2, -0.15) is 4.98 Å². The van der Waals surface area contributed by atoms with E-state index in [0.29, 0.717) is 11.6 Å². The first-order chi connectivity index (χ1) is 12.2. The Bertz CT molecular complexity index is 825. The van der Waals surface area contributed by atoms with Crippen LogP contribution < -0.4 is 0 Å². The molecule has 0 spiro atoms. The quantitative estimate of drug-likeness (QED) is 0.472. The van der Waals surface area contributed by atoms with Gasteiger partial charge in [0.15, 0.2) is 6.61 Å². The van der Waals surface area contributed by atoms with Crippen LogP contribution in [0.4, 0.5) is 4.39 Å². The molecule has 0 atom stereocenters. The summed E-state index contributed by atoms with van der Waals surface area (Å²) in [7, 11) is 0. The summed E-state index contributed by atoms with van der Waals surface area (Å²) in [5.41, 5.74) is 0.722. The van der Waals surface area contributed by atoms with Crippen molar-refractivity contribution in [2.45, 2.75) is 17.9 Å². The van der Waals surface area contributed by atoms with Crippen molar-refractivity contribution < 1.29 is 18.4 Å². The SMILES string of the molecule is O=C(CCSc1ccc(F)cc1)OCc1nc(-c2cccnc2)no1. The molecule has 0 fully saturated rings. The van der Waals surface area contributed by atoms with Crippen molar-refractivity contribution in [3.63, 3.8) is 0 Å². The molecule has 0 radical (unpaired) electrons. The molecule has 0 aliphatic heterocycles. The highest BCUT2D eigenvalue weighted by Gasteiger charge is 2.11. The molecule has 3 rings (SSSR count). The summed E-state index contributed by atoms with van der Waals surface area (Å²) < 4.78 is 23.0. The first kappa shape index (κ1) is 17.1. The van der Waals surface area contributed by atoms with E-state index in [-0.39, 0.29) is 30.7 Å². The van der Waals surface area contributed by atoms with Crippen molar-refractivity contribution in [2.75, 3.05) is 5.75 Å². The third kappa shape index (κ3) is 5.12. The molecule has 0 aliphatic carbocycles. The van der Waals surface area contributed by atoms with Crippen LogP contribution in [0.25, 0.3) is 11.4 Å². The molecule has 6 nitrogen and oxygen atoms in total. The first-order valence-electron chi connectivity index (χ1n) is 7.48. The average molecular weight is 359 g/mol. The Hall–Kier alpha value is -2.74. The first-order valence-corrected chi connectivity index (χ1v) is 8.46. The number of ether oxygens (including phenoxy) is 1. The van der Waals surface area contributed by atoms with Gasteiger partial charge in [0.25, 0.3) is 5.89 Å². The highest BCUT2D eigenvalue weighted by atomic mass is 32.2. The van der Waals surface area contributed by atoms with Gasteiger partial charge in [-0.1, -0.05) is 5.16 Å². The van der Waals surface area contributed by atoms with Gasteiger partial charge >= 0.3 is 5.97 Å². The number of aromatic nitrogens is 3. The number of rotatable bonds is 7. The molecule has 0 N–H and O–H groups in total. The summed E-state index contributed by atoms with van der Waals surface area (Å²) in [6, 6.07) is 9.68. The zero-order valence-corrected chi connectivity index (χ0v) is 13.9. The van der Waals surface area contributed by atoms with Gasteiger partial charge in [0.2, 0.25) is 5.82 Å². The maximum absolute atomic E-state index is 12.8. The number of thioether (sulfide) groups is 1. The largest absolute Gasteiger partial charge is 0.456 e. The van der Waals surface area contributed by atoms with E-state index in [0.717, 1.165) is 10.5 Å². The van der Waals surface area contributed by atoms with Gasteiger partial charge in [0, 0.05) is 28.6 Å². The van der Waals surface area contributed by atoms with E-state index < -0.39 is 0 Å². The number of hydrogen-bond donors (Lipinski definition) is 0.